The van der Waals surface area contributed by atoms with Crippen LogP contribution in [0.2, 0.25) is 0 Å². The number of sulfonamides is 1. The Hall–Kier alpha value is -5.45. The molecule has 17 heteroatoms. The molecule has 0 bridgehead atoms. The van der Waals surface area contributed by atoms with E-state index in [1.54, 1.807) is 29.2 Å². The molecule has 4 amide bonds. The van der Waals surface area contributed by atoms with E-state index in [2.05, 4.69) is 15.4 Å². The van der Waals surface area contributed by atoms with E-state index in [1.165, 1.54) is 4.90 Å². The fourth-order valence-electron chi connectivity index (χ4n) is 8.60. The highest BCUT2D eigenvalue weighted by Gasteiger charge is 2.62. The number of carbonyl (C=O) groups is 4. The summed E-state index contributed by atoms with van der Waals surface area (Å²) in [5.41, 5.74) is 0.993. The summed E-state index contributed by atoms with van der Waals surface area (Å²) in [4.78, 5) is 62.6. The molecular formula is C41H47N7O9S. The zero-order valence-corrected chi connectivity index (χ0v) is 32.8. The summed E-state index contributed by atoms with van der Waals surface area (Å²) in [6, 6.07) is 8.94. The summed E-state index contributed by atoms with van der Waals surface area (Å²) in [7, 11) is -3.91. The summed E-state index contributed by atoms with van der Waals surface area (Å²) in [6.07, 6.45) is 13.2. The van der Waals surface area contributed by atoms with Gasteiger partial charge in [-0.25, -0.2) is 18.2 Å². The fraction of sp³-hybridized carbons (Fsp3) is 0.512. The van der Waals surface area contributed by atoms with Crippen LogP contribution in [0.1, 0.15) is 83.5 Å². The lowest BCUT2D eigenvalue weighted by Gasteiger charge is -2.30. The summed E-state index contributed by atoms with van der Waals surface area (Å²) in [5, 5.41) is 10.7. The Morgan fingerprint density at radius 2 is 1.79 bits per heavy atom. The van der Waals surface area contributed by atoms with Crippen LogP contribution in [0.3, 0.4) is 0 Å². The highest BCUT2D eigenvalue weighted by Crippen LogP contribution is 2.46. The van der Waals surface area contributed by atoms with Crippen molar-refractivity contribution in [2.45, 2.75) is 119 Å². The number of nitrogens with one attached hydrogen (secondary N) is 3. The molecule has 0 spiro atoms. The van der Waals surface area contributed by atoms with Crippen LogP contribution in [0.4, 0.5) is 4.79 Å². The Labute approximate surface area is 335 Å². The van der Waals surface area contributed by atoms with Gasteiger partial charge in [-0.05, 0) is 82.4 Å². The number of nitrogens with zero attached hydrogens (tertiary/aromatic N) is 4. The van der Waals surface area contributed by atoms with Crippen LogP contribution < -0.4 is 20.1 Å². The molecule has 1 aromatic carbocycles. The van der Waals surface area contributed by atoms with Gasteiger partial charge in [-0.15, -0.1) is 0 Å². The number of amides is 4. The molecule has 4 fully saturated rings. The topological polar surface area (TPSA) is 204 Å². The number of benzene rings is 1. The maximum absolute atomic E-state index is 14.7. The van der Waals surface area contributed by atoms with E-state index in [-0.39, 0.29) is 25.5 Å². The van der Waals surface area contributed by atoms with Crippen LogP contribution in [-0.2, 0) is 29.1 Å². The van der Waals surface area contributed by atoms with E-state index in [1.807, 2.05) is 36.4 Å². The number of furan rings is 1. The van der Waals surface area contributed by atoms with Gasteiger partial charge in [0.15, 0.2) is 5.65 Å². The summed E-state index contributed by atoms with van der Waals surface area (Å²) in [5.74, 6) is -2.01. The van der Waals surface area contributed by atoms with Crippen LogP contribution in [0.15, 0.2) is 65.5 Å². The van der Waals surface area contributed by atoms with E-state index in [9.17, 15) is 27.6 Å². The number of rotatable bonds is 8. The summed E-state index contributed by atoms with van der Waals surface area (Å²) in [6.45, 7) is -0.0307. The Morgan fingerprint density at radius 1 is 0.983 bits per heavy atom. The van der Waals surface area contributed by atoms with Crippen LogP contribution in [0.25, 0.3) is 27.8 Å². The molecule has 3 aliphatic carbocycles. The van der Waals surface area contributed by atoms with Crippen molar-refractivity contribution < 1.29 is 41.5 Å². The van der Waals surface area contributed by atoms with Gasteiger partial charge in [0.1, 0.15) is 29.8 Å². The lowest BCUT2D eigenvalue weighted by molar-refractivity contribution is -0.141. The van der Waals surface area contributed by atoms with Gasteiger partial charge < -0.3 is 29.4 Å². The summed E-state index contributed by atoms with van der Waals surface area (Å²) < 4.78 is 47.4. The molecule has 3 aromatic heterocycles. The van der Waals surface area contributed by atoms with Crippen molar-refractivity contribution >= 4 is 50.4 Å². The van der Waals surface area contributed by atoms with Gasteiger partial charge in [0.25, 0.3) is 5.91 Å². The molecule has 5 heterocycles. The molecule has 306 valence electrons. The minimum atomic E-state index is -3.91. The van der Waals surface area contributed by atoms with Gasteiger partial charge in [-0.1, -0.05) is 37.1 Å². The number of fused-ring (bicyclic) bond motifs is 5. The maximum Gasteiger partial charge on any atom is 0.408 e. The maximum atomic E-state index is 14.7. The molecule has 0 radical (unpaired) electrons. The van der Waals surface area contributed by atoms with Gasteiger partial charge in [0.05, 0.1) is 35.5 Å². The predicted molar refractivity (Wildman–Crippen MR) is 210 cm³/mol. The third-order valence-corrected chi connectivity index (χ3v) is 13.9. The first-order valence-electron chi connectivity index (χ1n) is 20.4. The molecule has 4 aromatic rings. The van der Waals surface area contributed by atoms with Gasteiger partial charge in [-0.2, -0.15) is 9.61 Å². The normalized spacial score (nSPS) is 27.6. The Balaban J connectivity index is 1.04. The average Bonchev–Trinajstić information content (AvgIpc) is 3.81. The smallest absolute Gasteiger partial charge is 0.408 e. The number of aromatic nitrogens is 3. The van der Waals surface area contributed by atoms with Crippen molar-refractivity contribution in [2.75, 3.05) is 6.54 Å². The second-order valence-electron chi connectivity index (χ2n) is 16.2. The number of hydrogen-bond donors (Lipinski definition) is 3. The first kappa shape index (κ1) is 38.1. The molecule has 5 aliphatic rings. The van der Waals surface area contributed by atoms with Crippen LogP contribution in [0, 0.1) is 5.92 Å². The van der Waals surface area contributed by atoms with Gasteiger partial charge in [0, 0.05) is 29.4 Å². The quantitative estimate of drug-likeness (QED) is 0.211. The molecular weight excluding hydrogens is 767 g/mol. The van der Waals surface area contributed by atoms with Gasteiger partial charge in [0.2, 0.25) is 27.7 Å². The van der Waals surface area contributed by atoms with E-state index in [0.29, 0.717) is 60.4 Å². The van der Waals surface area contributed by atoms with Crippen molar-refractivity contribution in [3.63, 3.8) is 0 Å². The Kier molecular flexibility index (Phi) is 10.1. The highest BCUT2D eigenvalue weighted by molar-refractivity contribution is 7.91. The first-order chi connectivity index (χ1) is 28.1. The second kappa shape index (κ2) is 15.4. The number of ether oxygens (including phenoxy) is 2. The molecule has 3 saturated carbocycles. The third kappa shape index (κ3) is 7.63. The third-order valence-electron chi connectivity index (χ3n) is 12.1. The minimum Gasteiger partial charge on any atom is -0.472 e. The number of alkyl carbamates (subject to hydrolysis) is 1. The molecule has 3 N–H and O–H groups in total. The van der Waals surface area contributed by atoms with Crippen molar-refractivity contribution in [2.24, 2.45) is 5.92 Å². The number of hydrogen-bond acceptors (Lipinski definition) is 11. The van der Waals surface area contributed by atoms with Crippen LogP contribution in [0.5, 0.6) is 5.88 Å². The minimum absolute atomic E-state index is 0.0288. The lowest BCUT2D eigenvalue weighted by Crippen LogP contribution is -2.58. The van der Waals surface area contributed by atoms with Crippen LogP contribution >= 0.6 is 0 Å². The molecule has 58 heavy (non-hydrogen) atoms. The first-order valence-corrected chi connectivity index (χ1v) is 21.9. The molecule has 5 atom stereocenters. The molecule has 2 aliphatic heterocycles. The van der Waals surface area contributed by atoms with Gasteiger partial charge >= 0.3 is 6.09 Å². The summed E-state index contributed by atoms with van der Waals surface area (Å²) >= 11 is 0. The zero-order valence-electron chi connectivity index (χ0n) is 32.0. The molecule has 9 rings (SSSR count). The Morgan fingerprint density at radius 3 is 2.59 bits per heavy atom. The van der Waals surface area contributed by atoms with Crippen LogP contribution in [-0.4, -0.2) is 93.4 Å². The molecule has 16 nitrogen and oxygen atoms in total. The van der Waals surface area contributed by atoms with Crippen molar-refractivity contribution in [3.05, 3.63) is 61.1 Å². The van der Waals surface area contributed by atoms with Gasteiger partial charge in [-0.3, -0.25) is 19.1 Å². The number of carbonyl (C=O) groups excluding carboxylic acids is 4. The monoisotopic (exact) mass is 813 g/mol. The molecule has 0 unspecified atom stereocenters. The Bertz CT molecular complexity index is 2370. The van der Waals surface area contributed by atoms with Crippen molar-refractivity contribution in [3.8, 4) is 17.1 Å². The zero-order chi connectivity index (χ0) is 40.0. The van der Waals surface area contributed by atoms with E-state index in [4.69, 9.17) is 24.0 Å². The largest absolute Gasteiger partial charge is 0.472 e. The second-order valence-corrected chi connectivity index (χ2v) is 18.2. The highest BCUT2D eigenvalue weighted by atomic mass is 32.2. The van der Waals surface area contributed by atoms with Crippen molar-refractivity contribution in [1.29, 1.82) is 0 Å². The lowest BCUT2D eigenvalue weighted by atomic mass is 10.0. The molecule has 1 saturated heterocycles. The number of allylic oxidation sites excluding steroid dienone is 1. The predicted octanol–water partition coefficient (Wildman–Crippen LogP) is 4.53. The average molecular weight is 814 g/mol. The van der Waals surface area contributed by atoms with E-state index >= 15 is 0 Å². The van der Waals surface area contributed by atoms with E-state index in [0.717, 1.165) is 43.9 Å². The standard InChI is InChI=1S/C41H47N7O9S/c49-37-34-20-28(56-35-21-33(25-18-19-55-24-25)42-36-30-13-8-9-14-31(30)45-48(35)36)23-47(34)38(50)32(43-40(52)57-27-11-6-7-12-27)15-5-3-1-2-4-10-26-22-41(26,44-37)39(51)46-58(53,54)29-16-17-29/h4,8-10,13-14,18-19,21,24,26-29,32,34H,1-3,5-7,11-12,15-17,20,22-23H2,(H,43,52)(H,44,49)(H,46,51)/b10-4-/t26-,28+,32-,34-,41+/m0/s1. The van der Waals surface area contributed by atoms with Crippen molar-refractivity contribution in [1.82, 2.24) is 34.9 Å². The SMILES string of the molecule is O=C(N[C@H]1CCCCC/C=C\[C@H]2C[C@@]2(C(=O)NS(=O)(=O)C2CC2)NC(=O)[C@@H]2C[C@@H](Oc3cc(-c4ccoc4)nc4c5ccccc5nn34)CN2C1=O)OC1CCCC1. The fourth-order valence-corrected chi connectivity index (χ4v) is 9.96. The van der Waals surface area contributed by atoms with E-state index < -0.39 is 68.7 Å².